The first kappa shape index (κ1) is 11.8. The summed E-state index contributed by atoms with van der Waals surface area (Å²) in [6.45, 7) is 2.62. The molecule has 1 rings (SSSR count). The summed E-state index contributed by atoms with van der Waals surface area (Å²) in [5.74, 6) is -0.135. The number of rotatable bonds is 4. The molecule has 0 spiro atoms. The molecule has 0 unspecified atom stereocenters. The van der Waals surface area contributed by atoms with E-state index in [1.165, 1.54) is 6.07 Å². The van der Waals surface area contributed by atoms with Crippen LogP contribution in [0.15, 0.2) is 16.6 Å². The second kappa shape index (κ2) is 4.97. The fourth-order valence-corrected chi connectivity index (χ4v) is 1.45. The fourth-order valence-electron chi connectivity index (χ4n) is 1.10. The van der Waals surface area contributed by atoms with Crippen LogP contribution in [0.4, 0.5) is 11.4 Å². The molecule has 0 heterocycles. The van der Waals surface area contributed by atoms with E-state index in [-0.39, 0.29) is 11.4 Å². The van der Waals surface area contributed by atoms with E-state index < -0.39 is 4.92 Å². The van der Waals surface area contributed by atoms with Gasteiger partial charge in [0, 0.05) is 6.54 Å². The Kier molecular flexibility index (Phi) is 3.90. The van der Waals surface area contributed by atoms with Gasteiger partial charge < -0.3 is 10.4 Å². The maximum atomic E-state index is 10.7. The zero-order valence-electron chi connectivity index (χ0n) is 8.16. The first-order valence-electron chi connectivity index (χ1n) is 4.47. The van der Waals surface area contributed by atoms with Gasteiger partial charge in [-0.1, -0.05) is 6.92 Å². The van der Waals surface area contributed by atoms with E-state index in [0.29, 0.717) is 16.7 Å². The quantitative estimate of drug-likeness (QED) is 0.503. The lowest BCUT2D eigenvalue weighted by molar-refractivity contribution is -0.384. The predicted molar refractivity (Wildman–Crippen MR) is 61.2 cm³/mol. The molecule has 15 heavy (non-hydrogen) atoms. The van der Waals surface area contributed by atoms with Gasteiger partial charge in [-0.2, -0.15) is 0 Å². The third-order valence-electron chi connectivity index (χ3n) is 1.83. The minimum absolute atomic E-state index is 0.121. The van der Waals surface area contributed by atoms with Crippen molar-refractivity contribution in [1.82, 2.24) is 0 Å². The van der Waals surface area contributed by atoms with E-state index in [4.69, 9.17) is 0 Å². The second-order valence-electron chi connectivity index (χ2n) is 3.00. The molecular formula is C9H11BrN2O3. The minimum Gasteiger partial charge on any atom is -0.507 e. The van der Waals surface area contributed by atoms with Crippen molar-refractivity contribution >= 4 is 27.3 Å². The van der Waals surface area contributed by atoms with Gasteiger partial charge in [0.1, 0.15) is 11.4 Å². The molecule has 1 aromatic carbocycles. The average molecular weight is 275 g/mol. The maximum absolute atomic E-state index is 10.7. The summed E-state index contributed by atoms with van der Waals surface area (Å²) >= 11 is 3.11. The van der Waals surface area contributed by atoms with Crippen LogP contribution >= 0.6 is 15.9 Å². The molecule has 0 aliphatic rings. The van der Waals surface area contributed by atoms with Gasteiger partial charge in [-0.25, -0.2) is 0 Å². The van der Waals surface area contributed by atoms with Gasteiger partial charge in [0.05, 0.1) is 15.5 Å². The van der Waals surface area contributed by atoms with Crippen molar-refractivity contribution in [2.45, 2.75) is 13.3 Å². The molecule has 0 aliphatic carbocycles. The molecule has 0 atom stereocenters. The topological polar surface area (TPSA) is 75.4 Å². The molecule has 0 bridgehead atoms. The lowest BCUT2D eigenvalue weighted by Crippen LogP contribution is -2.03. The van der Waals surface area contributed by atoms with Crippen LogP contribution in [0.1, 0.15) is 13.3 Å². The van der Waals surface area contributed by atoms with Gasteiger partial charge in [-0.15, -0.1) is 0 Å². The first-order valence-corrected chi connectivity index (χ1v) is 5.26. The van der Waals surface area contributed by atoms with Gasteiger partial charge >= 0.3 is 0 Å². The van der Waals surface area contributed by atoms with Crippen molar-refractivity contribution in [3.05, 3.63) is 26.7 Å². The summed E-state index contributed by atoms with van der Waals surface area (Å²) in [5, 5.41) is 22.9. The van der Waals surface area contributed by atoms with Crippen LogP contribution in [0.25, 0.3) is 0 Å². The van der Waals surface area contributed by atoms with E-state index in [9.17, 15) is 15.2 Å². The highest BCUT2D eigenvalue weighted by Gasteiger charge is 2.16. The molecule has 0 aliphatic heterocycles. The van der Waals surface area contributed by atoms with E-state index in [1.54, 1.807) is 0 Å². The van der Waals surface area contributed by atoms with Crippen LogP contribution in [0.5, 0.6) is 5.75 Å². The summed E-state index contributed by atoms with van der Waals surface area (Å²) in [6, 6.07) is 2.63. The predicted octanol–water partition coefficient (Wildman–Crippen LogP) is 2.88. The minimum atomic E-state index is -0.524. The lowest BCUT2D eigenvalue weighted by atomic mass is 10.2. The summed E-state index contributed by atoms with van der Waals surface area (Å²) in [7, 11) is 0. The van der Waals surface area contributed by atoms with Crippen molar-refractivity contribution in [3.63, 3.8) is 0 Å². The largest absolute Gasteiger partial charge is 0.507 e. The number of hydrogen-bond donors (Lipinski definition) is 2. The van der Waals surface area contributed by atoms with Gasteiger partial charge in [0.15, 0.2) is 0 Å². The van der Waals surface area contributed by atoms with Crippen LogP contribution in [0.3, 0.4) is 0 Å². The molecule has 6 heteroatoms. The fraction of sp³-hybridized carbons (Fsp3) is 0.333. The van der Waals surface area contributed by atoms with Gasteiger partial charge in [0.25, 0.3) is 5.69 Å². The molecule has 82 valence electrons. The number of hydrogen-bond acceptors (Lipinski definition) is 4. The molecule has 0 saturated heterocycles. The van der Waals surface area contributed by atoms with Crippen molar-refractivity contribution in [2.75, 3.05) is 11.9 Å². The van der Waals surface area contributed by atoms with Crippen molar-refractivity contribution < 1.29 is 10.0 Å². The zero-order valence-corrected chi connectivity index (χ0v) is 9.74. The molecule has 0 radical (unpaired) electrons. The van der Waals surface area contributed by atoms with Crippen molar-refractivity contribution in [3.8, 4) is 5.75 Å². The highest BCUT2D eigenvalue weighted by atomic mass is 79.9. The number of halogens is 1. The standard InChI is InChI=1S/C9H11BrN2O3/c1-2-3-11-7-4-6(10)9(13)5-8(7)12(14)15/h4-5,11,13H,2-3H2,1H3. The Morgan fingerprint density at radius 2 is 2.27 bits per heavy atom. The van der Waals surface area contributed by atoms with Gasteiger partial charge in [-0.3, -0.25) is 10.1 Å². The Bertz CT molecular complexity index is 382. The third-order valence-corrected chi connectivity index (χ3v) is 2.46. The maximum Gasteiger partial charge on any atom is 0.296 e. The van der Waals surface area contributed by atoms with E-state index >= 15 is 0 Å². The van der Waals surface area contributed by atoms with Crippen molar-refractivity contribution in [1.29, 1.82) is 0 Å². The monoisotopic (exact) mass is 274 g/mol. The molecule has 0 fully saturated rings. The van der Waals surface area contributed by atoms with Crippen molar-refractivity contribution in [2.24, 2.45) is 0 Å². The second-order valence-corrected chi connectivity index (χ2v) is 3.86. The van der Waals surface area contributed by atoms with Gasteiger partial charge in [0.2, 0.25) is 0 Å². The SMILES string of the molecule is CCCNc1cc(Br)c(O)cc1[N+](=O)[O-]. The van der Waals surface area contributed by atoms with Gasteiger partial charge in [-0.05, 0) is 28.4 Å². The van der Waals surface area contributed by atoms with Crippen LogP contribution in [0, 0.1) is 10.1 Å². The average Bonchev–Trinajstić information content (AvgIpc) is 2.19. The number of nitro benzene ring substituents is 1. The third kappa shape index (κ3) is 2.82. The number of nitrogens with one attached hydrogen (secondary N) is 1. The van der Waals surface area contributed by atoms with Crippen LogP contribution in [0.2, 0.25) is 0 Å². The molecule has 2 N–H and O–H groups in total. The molecule has 5 nitrogen and oxygen atoms in total. The summed E-state index contributed by atoms with van der Waals surface area (Å²) < 4.78 is 0.437. The summed E-state index contributed by atoms with van der Waals surface area (Å²) in [5.41, 5.74) is 0.288. The lowest BCUT2D eigenvalue weighted by Gasteiger charge is -2.07. The smallest absolute Gasteiger partial charge is 0.296 e. The number of nitrogens with zero attached hydrogens (tertiary/aromatic N) is 1. The van der Waals surface area contributed by atoms with Crippen LogP contribution in [-0.2, 0) is 0 Å². The Morgan fingerprint density at radius 3 is 2.80 bits per heavy atom. The Morgan fingerprint density at radius 1 is 1.60 bits per heavy atom. The number of phenolic OH excluding ortho intramolecular Hbond substituents is 1. The van der Waals surface area contributed by atoms with Crippen LogP contribution in [-0.4, -0.2) is 16.6 Å². The molecular weight excluding hydrogens is 264 g/mol. The first-order chi connectivity index (χ1) is 7.06. The molecule has 0 amide bonds. The molecule has 0 aromatic heterocycles. The summed E-state index contributed by atoms with van der Waals surface area (Å²) in [4.78, 5) is 10.2. The number of aromatic hydroxyl groups is 1. The Balaban J connectivity index is 3.10. The van der Waals surface area contributed by atoms with Crippen LogP contribution < -0.4 is 5.32 Å². The Labute approximate surface area is 95.4 Å². The Hall–Kier alpha value is -1.30. The zero-order chi connectivity index (χ0) is 11.4. The number of nitro groups is 1. The van der Waals surface area contributed by atoms with E-state index in [1.807, 2.05) is 6.92 Å². The normalized spacial score (nSPS) is 10.0. The van der Waals surface area contributed by atoms with E-state index in [2.05, 4.69) is 21.2 Å². The summed E-state index contributed by atoms with van der Waals surface area (Å²) in [6.07, 6.45) is 0.871. The molecule has 0 saturated carbocycles. The number of phenols is 1. The number of benzene rings is 1. The van der Waals surface area contributed by atoms with E-state index in [0.717, 1.165) is 12.5 Å². The highest BCUT2D eigenvalue weighted by molar-refractivity contribution is 9.10. The molecule has 1 aromatic rings. The number of anilines is 1. The highest BCUT2D eigenvalue weighted by Crippen LogP contribution is 2.35.